The fraction of sp³-hybridized carbons (Fsp3) is 0.0526. The summed E-state index contributed by atoms with van der Waals surface area (Å²) in [4.78, 5) is 0. The van der Waals surface area contributed by atoms with Gasteiger partial charge < -0.3 is 0 Å². The molecule has 0 spiro atoms. The van der Waals surface area contributed by atoms with Gasteiger partial charge in [0.1, 0.15) is 0 Å². The molecule has 0 nitrogen and oxygen atoms in total. The molecule has 22 heavy (non-hydrogen) atoms. The fourth-order valence-electron chi connectivity index (χ4n) is 2.74. The third-order valence-electron chi connectivity index (χ3n) is 3.76. The zero-order valence-electron chi connectivity index (χ0n) is 11.8. The molecule has 0 aromatic heterocycles. The number of halogens is 1. The van der Waals surface area contributed by atoms with Gasteiger partial charge in [0.15, 0.2) is 0 Å². The summed E-state index contributed by atoms with van der Waals surface area (Å²) in [6, 6.07) is 32.3. The Morgan fingerprint density at radius 3 is 1.18 bits per heavy atom. The van der Waals surface area contributed by atoms with Gasteiger partial charge in [0.25, 0.3) is 0 Å². The zero-order chi connectivity index (χ0) is 15.3. The van der Waals surface area contributed by atoms with Crippen LogP contribution < -0.4 is 0 Å². The molecule has 3 heteroatoms. The molecular formula is C19H16AuClP. The first-order chi connectivity index (χ1) is 10.9. The van der Waals surface area contributed by atoms with E-state index in [9.17, 15) is 0 Å². The van der Waals surface area contributed by atoms with E-state index in [4.69, 9.17) is 9.19 Å². The van der Waals surface area contributed by atoms with Crippen molar-refractivity contribution in [1.82, 2.24) is 0 Å². The Morgan fingerprint density at radius 2 is 0.909 bits per heavy atom. The van der Waals surface area contributed by atoms with E-state index in [2.05, 4.69) is 91.0 Å². The number of benzene rings is 3. The van der Waals surface area contributed by atoms with Crippen LogP contribution in [0.15, 0.2) is 91.0 Å². The van der Waals surface area contributed by atoms with Crippen molar-refractivity contribution in [2.24, 2.45) is 0 Å². The van der Waals surface area contributed by atoms with E-state index in [1.165, 1.54) is 16.7 Å². The van der Waals surface area contributed by atoms with Crippen molar-refractivity contribution in [2.45, 2.75) is 5.16 Å². The van der Waals surface area contributed by atoms with Gasteiger partial charge in [0, 0.05) is 0 Å². The van der Waals surface area contributed by atoms with E-state index in [0.29, 0.717) is 6.47 Å². The van der Waals surface area contributed by atoms with Crippen molar-refractivity contribution in [3.8, 4) is 0 Å². The molecule has 3 aromatic carbocycles. The molecular weight excluding hydrogens is 492 g/mol. The Morgan fingerprint density at radius 1 is 0.591 bits per heavy atom. The Bertz CT molecular complexity index is 605. The average Bonchev–Trinajstić information content (AvgIpc) is 2.62. The molecule has 0 aliphatic heterocycles. The molecule has 1 unspecified atom stereocenters. The van der Waals surface area contributed by atoms with Crippen molar-refractivity contribution in [1.29, 1.82) is 0 Å². The van der Waals surface area contributed by atoms with Gasteiger partial charge in [-0.15, -0.1) is 0 Å². The van der Waals surface area contributed by atoms with Crippen LogP contribution in [0.1, 0.15) is 16.7 Å². The quantitative estimate of drug-likeness (QED) is 0.232. The first-order valence-corrected chi connectivity index (χ1v) is 13.7. The van der Waals surface area contributed by atoms with Crippen LogP contribution >= 0.6 is 15.7 Å². The Kier molecular flexibility index (Phi) is 5.52. The maximum atomic E-state index is 6.35. The van der Waals surface area contributed by atoms with Gasteiger partial charge in [-0.3, -0.25) is 0 Å². The Hall–Kier alpha value is -0.880. The van der Waals surface area contributed by atoms with E-state index in [1.807, 2.05) is 0 Å². The van der Waals surface area contributed by atoms with Gasteiger partial charge in [-0.1, -0.05) is 0 Å². The van der Waals surface area contributed by atoms with Gasteiger partial charge in [-0.05, 0) is 0 Å². The van der Waals surface area contributed by atoms with Crippen LogP contribution in [-0.4, -0.2) is 0 Å². The van der Waals surface area contributed by atoms with Gasteiger partial charge in [-0.25, -0.2) is 0 Å². The van der Waals surface area contributed by atoms with Crippen LogP contribution in [0.3, 0.4) is 0 Å². The minimum absolute atomic E-state index is 0.132. The normalized spacial score (nSPS) is 12.0. The van der Waals surface area contributed by atoms with Crippen LogP contribution in [0.25, 0.3) is 0 Å². The maximum absolute atomic E-state index is 6.35. The molecule has 3 rings (SSSR count). The van der Waals surface area contributed by atoms with E-state index < -0.39 is 0 Å². The van der Waals surface area contributed by atoms with E-state index in [1.54, 1.807) is 0 Å². The fourth-order valence-corrected chi connectivity index (χ4v) is 9.42. The molecule has 0 N–H and O–H groups in total. The summed E-state index contributed by atoms with van der Waals surface area (Å²) in [6.07, 6.45) is 0. The second kappa shape index (κ2) is 7.60. The van der Waals surface area contributed by atoms with Crippen LogP contribution in [0.2, 0.25) is 0 Å². The molecule has 0 bridgehead atoms. The Balaban J connectivity index is 2.29. The van der Waals surface area contributed by atoms with Crippen LogP contribution in [0, 0.1) is 0 Å². The minimum atomic E-state index is -0.244. The summed E-state index contributed by atoms with van der Waals surface area (Å²) in [7, 11) is 6.35. The summed E-state index contributed by atoms with van der Waals surface area (Å²) in [5.74, 6) is 0. The van der Waals surface area contributed by atoms with Crippen LogP contribution in [0.4, 0.5) is 0 Å². The topological polar surface area (TPSA) is 0 Å². The summed E-state index contributed by atoms with van der Waals surface area (Å²) < 4.78 is 0. The van der Waals surface area contributed by atoms with Crippen molar-refractivity contribution in [3.05, 3.63) is 108 Å². The molecule has 0 saturated heterocycles. The SMILES string of the molecule is [Cl][Au][PH]C(c1ccccc1)(c1ccccc1)c1ccccc1. The monoisotopic (exact) mass is 507 g/mol. The van der Waals surface area contributed by atoms with Crippen molar-refractivity contribution in [2.75, 3.05) is 0 Å². The van der Waals surface area contributed by atoms with Gasteiger partial charge in [0.2, 0.25) is 0 Å². The number of hydrogen-bond acceptors (Lipinski definition) is 0. The van der Waals surface area contributed by atoms with Crippen molar-refractivity contribution >= 4 is 15.7 Å². The standard InChI is InChI=1S/C19H16P.Au.ClH/c20-19(16-10-4-1-5-11-16,17-12-6-2-7-13-17)18-14-8-3-9-15-18;;/h1-15,20H;;1H/q-1;+2;/p-1. The van der Waals surface area contributed by atoms with E-state index in [-0.39, 0.29) is 23.3 Å². The third-order valence-corrected chi connectivity index (χ3v) is 9.36. The summed E-state index contributed by atoms with van der Waals surface area (Å²) in [5, 5.41) is -0.132. The predicted octanol–water partition coefficient (Wildman–Crippen LogP) is 5.81. The molecule has 0 saturated carbocycles. The van der Waals surface area contributed by atoms with Crippen molar-refractivity contribution < 1.29 is 18.1 Å². The molecule has 0 heterocycles. The molecule has 0 aliphatic carbocycles. The zero-order valence-corrected chi connectivity index (χ0v) is 15.8. The predicted molar refractivity (Wildman–Crippen MR) is 93.4 cm³/mol. The second-order valence-corrected chi connectivity index (χ2v) is 11.6. The van der Waals surface area contributed by atoms with Crippen LogP contribution in [-0.2, 0) is 23.3 Å². The molecule has 0 radical (unpaired) electrons. The molecule has 1 atom stereocenters. The first kappa shape index (κ1) is 16.0. The molecule has 0 aliphatic rings. The summed E-state index contributed by atoms with van der Waals surface area (Å²) in [5.41, 5.74) is 3.97. The molecule has 115 valence electrons. The molecule has 3 aromatic rings. The summed E-state index contributed by atoms with van der Waals surface area (Å²) >= 11 is -0.244. The molecule has 0 fully saturated rings. The van der Waals surface area contributed by atoms with Crippen LogP contribution in [0.5, 0.6) is 0 Å². The molecule has 0 amide bonds. The first-order valence-electron chi connectivity index (χ1n) is 7.00. The van der Waals surface area contributed by atoms with Gasteiger partial charge in [-0.2, -0.15) is 0 Å². The summed E-state index contributed by atoms with van der Waals surface area (Å²) in [6.45, 7) is 0.671. The van der Waals surface area contributed by atoms with E-state index >= 15 is 0 Å². The second-order valence-electron chi connectivity index (χ2n) is 4.98. The number of rotatable bonds is 5. The van der Waals surface area contributed by atoms with E-state index in [0.717, 1.165) is 0 Å². The number of hydrogen-bond donors (Lipinski definition) is 0. The van der Waals surface area contributed by atoms with Gasteiger partial charge in [0.05, 0.1) is 0 Å². The third kappa shape index (κ3) is 3.08. The van der Waals surface area contributed by atoms with Gasteiger partial charge >= 0.3 is 147 Å². The Labute approximate surface area is 146 Å². The average molecular weight is 508 g/mol. The van der Waals surface area contributed by atoms with Crippen molar-refractivity contribution in [3.63, 3.8) is 0 Å².